The van der Waals surface area contributed by atoms with Crippen molar-refractivity contribution >= 4 is 22.4 Å². The Kier molecular flexibility index (Phi) is 4.24. The molecule has 0 aliphatic carbocycles. The highest BCUT2D eigenvalue weighted by Gasteiger charge is 2.45. The van der Waals surface area contributed by atoms with Gasteiger partial charge in [-0.05, 0) is 25.0 Å². The minimum Gasteiger partial charge on any atom is -0.467 e. The molecule has 0 bridgehead atoms. The molecule has 0 unspecified atom stereocenters. The Morgan fingerprint density at radius 1 is 1.46 bits per heavy atom. The number of ether oxygens (including phenoxy) is 1. The van der Waals surface area contributed by atoms with Crippen LogP contribution in [0.4, 0.5) is 5.13 Å². The number of carbonyl (C=O) groups is 1. The van der Waals surface area contributed by atoms with Crippen LogP contribution in [0.15, 0.2) is 22.8 Å². The lowest BCUT2D eigenvalue weighted by atomic mass is 9.90. The second-order valence-corrected chi connectivity index (χ2v) is 7.52. The first-order valence-corrected chi connectivity index (χ1v) is 8.96. The lowest BCUT2D eigenvalue weighted by Crippen LogP contribution is -2.29. The molecule has 4 heterocycles. The molecular weight excluding hydrogens is 328 g/mol. The van der Waals surface area contributed by atoms with E-state index >= 15 is 0 Å². The summed E-state index contributed by atoms with van der Waals surface area (Å²) in [5.41, 5.74) is 0. The van der Waals surface area contributed by atoms with Crippen molar-refractivity contribution in [1.29, 1.82) is 0 Å². The van der Waals surface area contributed by atoms with Crippen molar-refractivity contribution in [2.24, 2.45) is 11.8 Å². The standard InChI is InChI=1S/C16H20N4O3S/c1-10-18-19-16(24-10)20-7-13-11(9-23-14(13)8-20)5-15(21)17-6-12-3-2-4-22-12/h2-4,11,13-14H,5-9H2,1H3,(H,17,21)/t11-,13+,14+/m1/s1. The van der Waals surface area contributed by atoms with Crippen LogP contribution in [-0.2, 0) is 16.1 Å². The average molecular weight is 348 g/mol. The minimum atomic E-state index is 0.0471. The summed E-state index contributed by atoms with van der Waals surface area (Å²) in [4.78, 5) is 14.4. The van der Waals surface area contributed by atoms with Crippen LogP contribution in [0.2, 0.25) is 0 Å². The van der Waals surface area contributed by atoms with Crippen LogP contribution < -0.4 is 10.2 Å². The fraction of sp³-hybridized carbons (Fsp3) is 0.562. The molecule has 2 aromatic heterocycles. The zero-order chi connectivity index (χ0) is 16.5. The first kappa shape index (κ1) is 15.6. The third-order valence-corrected chi connectivity index (χ3v) is 5.61. The van der Waals surface area contributed by atoms with Crippen molar-refractivity contribution in [3.05, 3.63) is 29.2 Å². The molecule has 0 radical (unpaired) electrons. The lowest BCUT2D eigenvalue weighted by Gasteiger charge is -2.18. The van der Waals surface area contributed by atoms with Gasteiger partial charge in [0.1, 0.15) is 10.8 Å². The van der Waals surface area contributed by atoms with E-state index in [2.05, 4.69) is 20.4 Å². The maximum Gasteiger partial charge on any atom is 0.220 e. The van der Waals surface area contributed by atoms with Gasteiger partial charge in [-0.15, -0.1) is 10.2 Å². The normalized spacial score (nSPS) is 25.9. The maximum absolute atomic E-state index is 12.2. The molecule has 3 atom stereocenters. The number of aryl methyl sites for hydroxylation is 1. The first-order chi connectivity index (χ1) is 11.7. The Balaban J connectivity index is 1.31. The average Bonchev–Trinajstić information content (AvgIpc) is 3.30. The van der Waals surface area contributed by atoms with Crippen LogP contribution in [-0.4, -0.2) is 41.9 Å². The number of hydrogen-bond donors (Lipinski definition) is 1. The Labute approximate surface area is 144 Å². The molecule has 24 heavy (non-hydrogen) atoms. The number of hydrogen-bond acceptors (Lipinski definition) is 7. The highest BCUT2D eigenvalue weighted by Crippen LogP contribution is 2.38. The second kappa shape index (κ2) is 6.52. The summed E-state index contributed by atoms with van der Waals surface area (Å²) in [7, 11) is 0. The number of fused-ring (bicyclic) bond motifs is 1. The fourth-order valence-corrected chi connectivity index (χ4v) is 4.19. The topological polar surface area (TPSA) is 80.5 Å². The molecular formula is C16H20N4O3S. The van der Waals surface area contributed by atoms with Crippen LogP contribution in [0.1, 0.15) is 17.2 Å². The SMILES string of the molecule is Cc1nnc(N2C[C@H]3[C@H](CC(=O)NCc4ccco4)CO[C@H]3C2)s1. The first-order valence-electron chi connectivity index (χ1n) is 8.15. The Bertz CT molecular complexity index is 702. The minimum absolute atomic E-state index is 0.0471. The largest absolute Gasteiger partial charge is 0.467 e. The van der Waals surface area contributed by atoms with E-state index in [1.165, 1.54) is 0 Å². The van der Waals surface area contributed by atoms with Crippen LogP contribution in [0, 0.1) is 18.8 Å². The third-order valence-electron chi connectivity index (χ3n) is 4.71. The van der Waals surface area contributed by atoms with Crippen molar-refractivity contribution < 1.29 is 13.9 Å². The van der Waals surface area contributed by atoms with Gasteiger partial charge in [-0.1, -0.05) is 11.3 Å². The molecule has 4 rings (SSSR count). The van der Waals surface area contributed by atoms with Crippen LogP contribution in [0.5, 0.6) is 0 Å². The molecule has 0 aromatic carbocycles. The molecule has 8 heteroatoms. The zero-order valence-electron chi connectivity index (χ0n) is 13.5. The van der Waals surface area contributed by atoms with Gasteiger partial charge in [0.05, 0.1) is 25.5 Å². The Morgan fingerprint density at radius 2 is 2.38 bits per heavy atom. The Morgan fingerprint density at radius 3 is 3.12 bits per heavy atom. The monoisotopic (exact) mass is 348 g/mol. The van der Waals surface area contributed by atoms with Crippen molar-refractivity contribution in [2.45, 2.75) is 26.0 Å². The van der Waals surface area contributed by atoms with E-state index in [4.69, 9.17) is 9.15 Å². The quantitative estimate of drug-likeness (QED) is 0.884. The van der Waals surface area contributed by atoms with Gasteiger partial charge in [0.2, 0.25) is 11.0 Å². The van der Waals surface area contributed by atoms with Gasteiger partial charge in [0.15, 0.2) is 0 Å². The smallest absolute Gasteiger partial charge is 0.220 e. The van der Waals surface area contributed by atoms with Crippen molar-refractivity contribution in [1.82, 2.24) is 15.5 Å². The van der Waals surface area contributed by atoms with E-state index in [-0.39, 0.29) is 17.9 Å². The predicted molar refractivity (Wildman–Crippen MR) is 88.8 cm³/mol. The molecule has 0 saturated carbocycles. The number of furan rings is 1. The molecule has 2 aliphatic rings. The number of amides is 1. The number of rotatable bonds is 5. The summed E-state index contributed by atoms with van der Waals surface area (Å²) < 4.78 is 11.1. The molecule has 2 aliphatic heterocycles. The van der Waals surface area contributed by atoms with Gasteiger partial charge in [-0.2, -0.15) is 0 Å². The Hall–Kier alpha value is -1.93. The van der Waals surface area contributed by atoms with E-state index in [1.807, 2.05) is 19.1 Å². The molecule has 2 aromatic rings. The highest BCUT2D eigenvalue weighted by molar-refractivity contribution is 7.15. The molecule has 2 fully saturated rings. The van der Waals surface area contributed by atoms with Crippen molar-refractivity contribution in [3.63, 3.8) is 0 Å². The maximum atomic E-state index is 12.2. The van der Waals surface area contributed by atoms with Gasteiger partial charge in [0.25, 0.3) is 0 Å². The summed E-state index contributed by atoms with van der Waals surface area (Å²) in [6.07, 6.45) is 2.29. The van der Waals surface area contributed by atoms with Crippen LogP contribution in [0.3, 0.4) is 0 Å². The number of nitrogens with one attached hydrogen (secondary N) is 1. The van der Waals surface area contributed by atoms with E-state index in [1.54, 1.807) is 17.6 Å². The number of carbonyl (C=O) groups excluding carboxylic acids is 1. The van der Waals surface area contributed by atoms with E-state index in [0.29, 0.717) is 25.5 Å². The summed E-state index contributed by atoms with van der Waals surface area (Å²) in [6, 6.07) is 3.67. The highest BCUT2D eigenvalue weighted by atomic mass is 32.1. The van der Waals surface area contributed by atoms with Gasteiger partial charge in [0, 0.05) is 25.4 Å². The molecule has 0 spiro atoms. The molecule has 1 amide bonds. The zero-order valence-corrected chi connectivity index (χ0v) is 14.3. The van der Waals surface area contributed by atoms with Crippen molar-refractivity contribution in [3.8, 4) is 0 Å². The van der Waals surface area contributed by atoms with Crippen molar-refractivity contribution in [2.75, 3.05) is 24.6 Å². The predicted octanol–water partition coefficient (Wildman–Crippen LogP) is 1.60. The summed E-state index contributed by atoms with van der Waals surface area (Å²) in [5.74, 6) is 1.45. The van der Waals surface area contributed by atoms with Gasteiger partial charge < -0.3 is 19.4 Å². The van der Waals surface area contributed by atoms with Gasteiger partial charge in [-0.25, -0.2) is 0 Å². The molecule has 2 saturated heterocycles. The van der Waals surface area contributed by atoms with Crippen LogP contribution in [0.25, 0.3) is 0 Å². The van der Waals surface area contributed by atoms with Gasteiger partial charge >= 0.3 is 0 Å². The summed E-state index contributed by atoms with van der Waals surface area (Å²) >= 11 is 1.60. The van der Waals surface area contributed by atoms with E-state index in [9.17, 15) is 4.79 Å². The third kappa shape index (κ3) is 3.16. The number of anilines is 1. The van der Waals surface area contributed by atoms with Gasteiger partial charge in [-0.3, -0.25) is 4.79 Å². The van der Waals surface area contributed by atoms with Crippen LogP contribution >= 0.6 is 11.3 Å². The molecule has 7 nitrogen and oxygen atoms in total. The molecule has 128 valence electrons. The lowest BCUT2D eigenvalue weighted by molar-refractivity contribution is -0.122. The molecule has 1 N–H and O–H groups in total. The fourth-order valence-electron chi connectivity index (χ4n) is 3.49. The summed E-state index contributed by atoms with van der Waals surface area (Å²) in [5, 5.41) is 13.1. The summed E-state index contributed by atoms with van der Waals surface area (Å²) in [6.45, 7) is 4.77. The number of nitrogens with zero attached hydrogens (tertiary/aromatic N) is 3. The second-order valence-electron chi connectivity index (χ2n) is 6.36. The number of aromatic nitrogens is 2. The van der Waals surface area contributed by atoms with E-state index < -0.39 is 0 Å². The van der Waals surface area contributed by atoms with E-state index in [0.717, 1.165) is 29.0 Å².